The number of hydrogen-bond acceptors (Lipinski definition) is 6. The minimum absolute atomic E-state index is 0.0428. The minimum atomic E-state index is -0.108. The Hall–Kier alpha value is -3.29. The van der Waals surface area contributed by atoms with Crippen LogP contribution in [0, 0.1) is 0 Å². The van der Waals surface area contributed by atoms with Gasteiger partial charge < -0.3 is 14.9 Å². The Morgan fingerprint density at radius 3 is 2.14 bits per heavy atom. The molecule has 8 nitrogen and oxygen atoms in total. The molecule has 0 amide bonds. The summed E-state index contributed by atoms with van der Waals surface area (Å²) >= 11 is 0. The molecule has 1 aliphatic rings. The second-order valence-corrected chi connectivity index (χ2v) is 7.35. The monoisotopic (exact) mass is 394 g/mol. The summed E-state index contributed by atoms with van der Waals surface area (Å²) in [4.78, 5) is 21.1. The van der Waals surface area contributed by atoms with Gasteiger partial charge in [-0.15, -0.1) is 0 Å². The minimum Gasteiger partial charge on any atom is -0.493 e. The molecule has 0 radical (unpaired) electrons. The number of pyridine rings is 1. The number of piperazine rings is 1. The van der Waals surface area contributed by atoms with Gasteiger partial charge in [-0.25, -0.2) is 19.0 Å². The van der Waals surface area contributed by atoms with E-state index in [4.69, 9.17) is 0 Å². The Balaban J connectivity index is 1.43. The molecular formula is C21H26N6O2. The zero-order valence-corrected chi connectivity index (χ0v) is 16.8. The first kappa shape index (κ1) is 19.0. The third-order valence-electron chi connectivity index (χ3n) is 5.57. The van der Waals surface area contributed by atoms with Crippen LogP contribution in [0.3, 0.4) is 0 Å². The average Bonchev–Trinajstić information content (AvgIpc) is 3.15. The number of aromatic hydroxyl groups is 1. The molecule has 0 bridgehead atoms. The Bertz CT molecular complexity index is 1000. The van der Waals surface area contributed by atoms with Crippen LogP contribution in [0.5, 0.6) is 5.88 Å². The fourth-order valence-corrected chi connectivity index (χ4v) is 3.58. The number of nitrogens with zero attached hydrogens (tertiary/aromatic N) is 6. The van der Waals surface area contributed by atoms with Crippen LogP contribution in [-0.4, -0.2) is 50.6 Å². The number of benzene rings is 1. The first-order chi connectivity index (χ1) is 14.1. The van der Waals surface area contributed by atoms with Crippen molar-refractivity contribution in [3.8, 4) is 11.6 Å². The highest BCUT2D eigenvalue weighted by atomic mass is 16.3. The quantitative estimate of drug-likeness (QED) is 0.716. The van der Waals surface area contributed by atoms with Gasteiger partial charge in [-0.3, -0.25) is 0 Å². The maximum absolute atomic E-state index is 12.6. The van der Waals surface area contributed by atoms with Crippen molar-refractivity contribution in [3.05, 3.63) is 59.4 Å². The lowest BCUT2D eigenvalue weighted by Gasteiger charge is -2.37. The summed E-state index contributed by atoms with van der Waals surface area (Å²) in [6.45, 7) is 7.60. The first-order valence-electron chi connectivity index (χ1n) is 9.98. The number of hydrogen-bond donors (Lipinski definition) is 1. The summed E-state index contributed by atoms with van der Waals surface area (Å²) in [5.41, 5.74) is 2.88. The molecule has 0 spiro atoms. The van der Waals surface area contributed by atoms with E-state index < -0.39 is 0 Å². The van der Waals surface area contributed by atoms with E-state index in [-0.39, 0.29) is 17.6 Å². The van der Waals surface area contributed by atoms with Crippen LogP contribution in [0.2, 0.25) is 0 Å². The Morgan fingerprint density at radius 2 is 1.55 bits per heavy atom. The van der Waals surface area contributed by atoms with Crippen molar-refractivity contribution in [2.24, 2.45) is 0 Å². The SMILES string of the molecule is CCC(C)n1ncn(-c2ccc(N3CCN(c4ccc(O)nc4)CC3)cc2)c1=O. The van der Waals surface area contributed by atoms with Crippen molar-refractivity contribution < 1.29 is 5.11 Å². The van der Waals surface area contributed by atoms with Crippen LogP contribution < -0.4 is 15.5 Å². The summed E-state index contributed by atoms with van der Waals surface area (Å²) < 4.78 is 3.12. The molecule has 3 aromatic rings. The van der Waals surface area contributed by atoms with Crippen molar-refractivity contribution in [1.82, 2.24) is 19.3 Å². The van der Waals surface area contributed by atoms with Gasteiger partial charge >= 0.3 is 5.69 Å². The summed E-state index contributed by atoms with van der Waals surface area (Å²) in [7, 11) is 0. The third kappa shape index (κ3) is 3.83. The molecule has 152 valence electrons. The van der Waals surface area contributed by atoms with E-state index in [1.807, 2.05) is 32.0 Å². The van der Waals surface area contributed by atoms with Gasteiger partial charge in [-0.05, 0) is 43.7 Å². The number of rotatable bonds is 5. The van der Waals surface area contributed by atoms with Crippen molar-refractivity contribution in [2.45, 2.75) is 26.3 Å². The summed E-state index contributed by atoms with van der Waals surface area (Å²) in [6, 6.07) is 11.6. The molecule has 1 saturated heterocycles. The zero-order chi connectivity index (χ0) is 20.4. The highest BCUT2D eigenvalue weighted by Crippen LogP contribution is 2.22. The molecular weight excluding hydrogens is 368 g/mol. The molecule has 1 unspecified atom stereocenters. The van der Waals surface area contributed by atoms with Gasteiger partial charge in [0.1, 0.15) is 6.33 Å². The van der Waals surface area contributed by atoms with E-state index in [1.165, 1.54) is 4.68 Å². The molecule has 2 aromatic heterocycles. The van der Waals surface area contributed by atoms with E-state index in [2.05, 4.69) is 32.0 Å². The first-order valence-corrected chi connectivity index (χ1v) is 9.98. The van der Waals surface area contributed by atoms with Crippen molar-refractivity contribution in [2.75, 3.05) is 36.0 Å². The summed E-state index contributed by atoms with van der Waals surface area (Å²) in [5.74, 6) is 0.0428. The van der Waals surface area contributed by atoms with E-state index >= 15 is 0 Å². The maximum Gasteiger partial charge on any atom is 0.350 e. The lowest BCUT2D eigenvalue weighted by atomic mass is 10.2. The van der Waals surface area contributed by atoms with Crippen LogP contribution in [0.25, 0.3) is 5.69 Å². The predicted molar refractivity (Wildman–Crippen MR) is 113 cm³/mol. The van der Waals surface area contributed by atoms with Crippen molar-refractivity contribution >= 4 is 11.4 Å². The summed E-state index contributed by atoms with van der Waals surface area (Å²) in [6.07, 6.45) is 4.16. The Morgan fingerprint density at radius 1 is 0.966 bits per heavy atom. The smallest absolute Gasteiger partial charge is 0.350 e. The summed E-state index contributed by atoms with van der Waals surface area (Å²) in [5, 5.41) is 13.6. The second-order valence-electron chi connectivity index (χ2n) is 7.35. The topological polar surface area (TPSA) is 79.4 Å². The molecule has 3 heterocycles. The molecule has 0 aliphatic carbocycles. The van der Waals surface area contributed by atoms with Gasteiger partial charge in [-0.2, -0.15) is 5.10 Å². The van der Waals surface area contributed by atoms with E-state index in [9.17, 15) is 9.90 Å². The van der Waals surface area contributed by atoms with Gasteiger partial charge in [0.05, 0.1) is 23.6 Å². The Kier molecular flexibility index (Phi) is 5.24. The standard InChI is InChI=1S/C21H26N6O2/c1-3-16(2)27-21(29)26(15-23-27)18-6-4-17(5-7-18)24-10-12-25(13-11-24)19-8-9-20(28)22-14-19/h4-9,14-16H,3,10-13H2,1-2H3,(H,22,28). The van der Waals surface area contributed by atoms with Gasteiger partial charge in [0.25, 0.3) is 0 Å². The van der Waals surface area contributed by atoms with Gasteiger partial charge in [0.15, 0.2) is 0 Å². The molecule has 29 heavy (non-hydrogen) atoms. The normalized spacial score (nSPS) is 15.5. The lowest BCUT2D eigenvalue weighted by Crippen LogP contribution is -2.46. The molecule has 0 saturated carbocycles. The van der Waals surface area contributed by atoms with E-state index in [0.29, 0.717) is 0 Å². The van der Waals surface area contributed by atoms with Crippen molar-refractivity contribution in [3.63, 3.8) is 0 Å². The van der Waals surface area contributed by atoms with E-state index in [0.717, 1.165) is 49.7 Å². The predicted octanol–water partition coefficient (Wildman–Crippen LogP) is 2.43. The van der Waals surface area contributed by atoms with Crippen LogP contribution in [0.4, 0.5) is 11.4 Å². The Labute approximate surface area is 169 Å². The average molecular weight is 394 g/mol. The molecule has 1 aliphatic heterocycles. The largest absolute Gasteiger partial charge is 0.493 e. The molecule has 1 aromatic carbocycles. The molecule has 4 rings (SSSR count). The zero-order valence-electron chi connectivity index (χ0n) is 16.8. The van der Waals surface area contributed by atoms with Crippen LogP contribution in [-0.2, 0) is 0 Å². The fraction of sp³-hybridized carbons (Fsp3) is 0.381. The fourth-order valence-electron chi connectivity index (χ4n) is 3.58. The van der Waals surface area contributed by atoms with Crippen LogP contribution in [0.15, 0.2) is 53.7 Å². The van der Waals surface area contributed by atoms with Gasteiger partial charge in [-0.1, -0.05) is 6.92 Å². The lowest BCUT2D eigenvalue weighted by molar-refractivity contribution is 0.453. The molecule has 1 atom stereocenters. The number of aromatic nitrogens is 4. The number of anilines is 2. The van der Waals surface area contributed by atoms with Crippen LogP contribution in [0.1, 0.15) is 26.3 Å². The third-order valence-corrected chi connectivity index (χ3v) is 5.57. The second kappa shape index (κ2) is 7.98. The molecule has 8 heteroatoms. The molecule has 1 N–H and O–H groups in total. The highest BCUT2D eigenvalue weighted by molar-refractivity contribution is 5.53. The maximum atomic E-state index is 12.6. The van der Waals surface area contributed by atoms with Gasteiger partial charge in [0, 0.05) is 37.9 Å². The molecule has 1 fully saturated rings. The van der Waals surface area contributed by atoms with E-state index in [1.54, 1.807) is 23.2 Å². The van der Waals surface area contributed by atoms with Crippen molar-refractivity contribution in [1.29, 1.82) is 0 Å². The highest BCUT2D eigenvalue weighted by Gasteiger charge is 2.18. The van der Waals surface area contributed by atoms with Crippen LogP contribution >= 0.6 is 0 Å². The van der Waals surface area contributed by atoms with Gasteiger partial charge in [0.2, 0.25) is 5.88 Å².